The van der Waals surface area contributed by atoms with Crippen LogP contribution in [0.2, 0.25) is 0 Å². The maximum atomic E-state index is 11.5. The largest absolute Gasteiger partial charge is 0.338 e. The van der Waals surface area contributed by atoms with E-state index in [1.165, 1.54) is 12.7 Å². The quantitative estimate of drug-likeness (QED) is 0.363. The van der Waals surface area contributed by atoms with E-state index < -0.39 is 0 Å². The van der Waals surface area contributed by atoms with Gasteiger partial charge in [0.05, 0.1) is 0 Å². The van der Waals surface area contributed by atoms with Gasteiger partial charge in [-0.05, 0) is 12.8 Å². The highest BCUT2D eigenvalue weighted by atomic mass is 16.2. The molecule has 2 aromatic rings. The van der Waals surface area contributed by atoms with Crippen molar-refractivity contribution in [3.05, 3.63) is 12.7 Å². The van der Waals surface area contributed by atoms with Crippen LogP contribution in [0.3, 0.4) is 0 Å². The molecule has 24 heavy (non-hydrogen) atoms. The van der Waals surface area contributed by atoms with E-state index in [1.807, 2.05) is 0 Å². The van der Waals surface area contributed by atoms with Gasteiger partial charge in [-0.15, -0.1) is 0 Å². The van der Waals surface area contributed by atoms with Crippen molar-refractivity contribution >= 4 is 24.0 Å². The number of carbonyl (C=O) groups excluding carboxylic acids is 2. The molecule has 4 amide bonds. The van der Waals surface area contributed by atoms with Crippen LogP contribution in [0.25, 0.3) is 0 Å². The number of carbonyl (C=O) groups is 2. The van der Waals surface area contributed by atoms with Crippen molar-refractivity contribution in [2.24, 2.45) is 0 Å². The first kappa shape index (κ1) is 17.2. The van der Waals surface area contributed by atoms with Gasteiger partial charge in [0.25, 0.3) is 0 Å². The third-order valence-corrected chi connectivity index (χ3v) is 2.97. The predicted octanol–water partition coefficient (Wildman–Crippen LogP) is 0.426. The smallest absolute Gasteiger partial charge is 0.321 e. The molecule has 0 fully saturated rings. The Bertz CT molecular complexity index is 543. The van der Waals surface area contributed by atoms with E-state index in [9.17, 15) is 9.59 Å². The van der Waals surface area contributed by atoms with Gasteiger partial charge in [-0.25, -0.2) is 19.8 Å². The van der Waals surface area contributed by atoms with E-state index in [4.69, 9.17) is 0 Å². The molecule has 2 aromatic heterocycles. The third kappa shape index (κ3) is 6.72. The standard InChI is InChI=1S/C12H20N10O2/c23-11(19-9-15-7-17-21-9)13-5-3-1-2-4-6-14-12(24)20-10-16-8-18-22-10/h7-8H,1-6H2,(H3,13,15,17,19,21,23)(H3,14,16,18,20,22,24). The Kier molecular flexibility index (Phi) is 6.99. The Morgan fingerprint density at radius 1 is 0.792 bits per heavy atom. The van der Waals surface area contributed by atoms with Crippen LogP contribution >= 0.6 is 0 Å². The summed E-state index contributed by atoms with van der Waals surface area (Å²) in [4.78, 5) is 30.5. The van der Waals surface area contributed by atoms with Crippen LogP contribution in [-0.2, 0) is 0 Å². The summed E-state index contributed by atoms with van der Waals surface area (Å²) in [7, 11) is 0. The van der Waals surface area contributed by atoms with Crippen LogP contribution in [0.5, 0.6) is 0 Å². The molecule has 0 spiro atoms. The summed E-state index contributed by atoms with van der Waals surface area (Å²) in [6.45, 7) is 1.14. The lowest BCUT2D eigenvalue weighted by molar-refractivity contribution is 0.250. The number of rotatable bonds is 9. The second kappa shape index (κ2) is 9.76. The first-order valence-electron chi connectivity index (χ1n) is 7.54. The third-order valence-electron chi connectivity index (χ3n) is 2.97. The van der Waals surface area contributed by atoms with Gasteiger partial charge in [0.2, 0.25) is 11.9 Å². The zero-order valence-electron chi connectivity index (χ0n) is 13.0. The number of nitrogens with zero attached hydrogens (tertiary/aromatic N) is 4. The molecule has 0 unspecified atom stereocenters. The van der Waals surface area contributed by atoms with Crippen LogP contribution in [0, 0.1) is 0 Å². The van der Waals surface area contributed by atoms with Gasteiger partial charge in [-0.2, -0.15) is 20.2 Å². The highest BCUT2D eigenvalue weighted by Crippen LogP contribution is 1.99. The van der Waals surface area contributed by atoms with Gasteiger partial charge in [-0.3, -0.25) is 10.6 Å². The van der Waals surface area contributed by atoms with E-state index in [-0.39, 0.29) is 12.1 Å². The zero-order valence-corrected chi connectivity index (χ0v) is 13.0. The minimum atomic E-state index is -0.322. The van der Waals surface area contributed by atoms with Crippen LogP contribution in [0.15, 0.2) is 12.7 Å². The van der Waals surface area contributed by atoms with E-state index in [0.29, 0.717) is 25.0 Å². The van der Waals surface area contributed by atoms with E-state index in [2.05, 4.69) is 51.6 Å². The van der Waals surface area contributed by atoms with Crippen LogP contribution in [-0.4, -0.2) is 55.5 Å². The summed E-state index contributed by atoms with van der Waals surface area (Å²) in [6, 6.07) is -0.644. The number of aromatic amines is 2. The average Bonchev–Trinajstić information content (AvgIpc) is 3.23. The molecule has 0 radical (unpaired) electrons. The summed E-state index contributed by atoms with van der Waals surface area (Å²) in [6.07, 6.45) is 6.25. The molecular formula is C12H20N10O2. The Morgan fingerprint density at radius 2 is 1.25 bits per heavy atom. The van der Waals surface area contributed by atoms with Gasteiger partial charge < -0.3 is 10.6 Å². The molecule has 12 nitrogen and oxygen atoms in total. The van der Waals surface area contributed by atoms with Crippen LogP contribution in [0.4, 0.5) is 21.5 Å². The summed E-state index contributed by atoms with van der Waals surface area (Å²) in [5, 5.41) is 22.8. The number of anilines is 2. The highest BCUT2D eigenvalue weighted by molar-refractivity contribution is 5.87. The first-order chi connectivity index (χ1) is 11.7. The number of nitrogens with one attached hydrogen (secondary N) is 6. The fraction of sp³-hybridized carbons (Fsp3) is 0.500. The first-order valence-corrected chi connectivity index (χ1v) is 7.54. The maximum absolute atomic E-state index is 11.5. The van der Waals surface area contributed by atoms with E-state index in [0.717, 1.165) is 25.7 Å². The number of hydrogen-bond donors (Lipinski definition) is 6. The minimum absolute atomic E-state index is 0.308. The van der Waals surface area contributed by atoms with Crippen LogP contribution in [0.1, 0.15) is 25.7 Å². The van der Waals surface area contributed by atoms with E-state index in [1.54, 1.807) is 0 Å². The zero-order chi connectivity index (χ0) is 17.0. The molecule has 0 bridgehead atoms. The lowest BCUT2D eigenvalue weighted by atomic mass is 10.2. The molecule has 0 aliphatic rings. The second-order valence-corrected chi connectivity index (χ2v) is 4.84. The lowest BCUT2D eigenvalue weighted by Crippen LogP contribution is -2.30. The number of hydrogen-bond acceptors (Lipinski definition) is 6. The number of aromatic nitrogens is 6. The number of unbranched alkanes of at least 4 members (excludes halogenated alkanes) is 3. The average molecular weight is 336 g/mol. The summed E-state index contributed by atoms with van der Waals surface area (Å²) in [5.74, 6) is 0.615. The molecule has 0 saturated carbocycles. The molecule has 0 atom stereocenters. The van der Waals surface area contributed by atoms with Gasteiger partial charge in [0.1, 0.15) is 12.7 Å². The fourth-order valence-corrected chi connectivity index (χ4v) is 1.84. The summed E-state index contributed by atoms with van der Waals surface area (Å²) < 4.78 is 0. The molecule has 12 heteroatoms. The molecule has 2 rings (SSSR count). The van der Waals surface area contributed by atoms with Crippen molar-refractivity contribution in [1.29, 1.82) is 0 Å². The Balaban J connectivity index is 1.40. The second-order valence-electron chi connectivity index (χ2n) is 4.84. The van der Waals surface area contributed by atoms with E-state index >= 15 is 0 Å². The SMILES string of the molecule is O=C(NCCCCCCNC(=O)Nc1ncn[nH]1)Nc1ncn[nH]1. The van der Waals surface area contributed by atoms with Gasteiger partial charge in [0, 0.05) is 13.1 Å². The number of amides is 4. The molecule has 0 aliphatic heterocycles. The van der Waals surface area contributed by atoms with Crippen molar-refractivity contribution in [1.82, 2.24) is 41.0 Å². The summed E-state index contributed by atoms with van der Waals surface area (Å²) >= 11 is 0. The number of H-pyrrole nitrogens is 2. The van der Waals surface area contributed by atoms with Crippen molar-refractivity contribution in [2.45, 2.75) is 25.7 Å². The normalized spacial score (nSPS) is 10.2. The Labute approximate surface area is 137 Å². The minimum Gasteiger partial charge on any atom is -0.338 e. The highest BCUT2D eigenvalue weighted by Gasteiger charge is 2.03. The molecule has 2 heterocycles. The molecule has 130 valence electrons. The van der Waals surface area contributed by atoms with Crippen molar-refractivity contribution < 1.29 is 9.59 Å². The van der Waals surface area contributed by atoms with Crippen molar-refractivity contribution in [2.75, 3.05) is 23.7 Å². The van der Waals surface area contributed by atoms with Gasteiger partial charge >= 0.3 is 12.1 Å². The fourth-order valence-electron chi connectivity index (χ4n) is 1.84. The molecule has 0 aromatic carbocycles. The molecular weight excluding hydrogens is 316 g/mol. The van der Waals surface area contributed by atoms with Gasteiger partial charge in [-0.1, -0.05) is 12.8 Å². The molecule has 0 saturated heterocycles. The van der Waals surface area contributed by atoms with Crippen molar-refractivity contribution in [3.8, 4) is 0 Å². The molecule has 0 aliphatic carbocycles. The maximum Gasteiger partial charge on any atom is 0.321 e. The predicted molar refractivity (Wildman–Crippen MR) is 85.3 cm³/mol. The van der Waals surface area contributed by atoms with Crippen molar-refractivity contribution in [3.63, 3.8) is 0 Å². The summed E-state index contributed by atoms with van der Waals surface area (Å²) in [5.41, 5.74) is 0. The monoisotopic (exact) mass is 336 g/mol. The Morgan fingerprint density at radius 3 is 1.62 bits per heavy atom. The lowest BCUT2D eigenvalue weighted by Gasteiger charge is -2.06. The van der Waals surface area contributed by atoms with Gasteiger partial charge in [0.15, 0.2) is 0 Å². The van der Waals surface area contributed by atoms with Crippen LogP contribution < -0.4 is 21.3 Å². The molecule has 6 N–H and O–H groups in total. The Hall–Kier alpha value is -3.18. The number of urea groups is 2. The topological polar surface area (TPSA) is 165 Å².